The second-order valence-corrected chi connectivity index (χ2v) is 12.6. The molecule has 0 bridgehead atoms. The van der Waals surface area contributed by atoms with Crippen molar-refractivity contribution in [1.29, 1.82) is 0 Å². The predicted molar refractivity (Wildman–Crippen MR) is 189 cm³/mol. The third-order valence-electron chi connectivity index (χ3n) is 7.52. The van der Waals surface area contributed by atoms with Crippen molar-refractivity contribution in [3.8, 4) is 0 Å². The summed E-state index contributed by atoms with van der Waals surface area (Å²) in [5, 5.41) is 24.5. The third kappa shape index (κ3) is 15.7. The van der Waals surface area contributed by atoms with Gasteiger partial charge in [0.25, 0.3) is 0 Å². The van der Waals surface area contributed by atoms with E-state index in [2.05, 4.69) is 10.6 Å². The van der Waals surface area contributed by atoms with Crippen LogP contribution >= 0.6 is 23.2 Å². The average molecular weight is 746 g/mol. The summed E-state index contributed by atoms with van der Waals surface area (Å²) in [4.78, 5) is 46.5. The smallest absolute Gasteiger partial charge is 0.416 e. The Balaban J connectivity index is 0.000000277. The Kier molecular flexibility index (Phi) is 16.0. The maximum Gasteiger partial charge on any atom is 0.416 e. The molecule has 4 aromatic carbocycles. The van der Waals surface area contributed by atoms with Crippen molar-refractivity contribution in [2.45, 2.75) is 63.2 Å². The second kappa shape index (κ2) is 20.1. The van der Waals surface area contributed by atoms with Gasteiger partial charge in [-0.1, -0.05) is 96.0 Å². The first-order chi connectivity index (χ1) is 24.2. The van der Waals surface area contributed by atoms with Crippen LogP contribution in [0.15, 0.2) is 103 Å². The van der Waals surface area contributed by atoms with E-state index in [1.54, 1.807) is 42.5 Å². The minimum Gasteiger partial charge on any atom is -0.481 e. The minimum atomic E-state index is -4.44. The fourth-order valence-electron chi connectivity index (χ4n) is 5.13. The summed E-state index contributed by atoms with van der Waals surface area (Å²) in [6.07, 6.45) is -3.33. The number of carbonyl (C=O) groups is 4. The van der Waals surface area contributed by atoms with Gasteiger partial charge in [-0.25, -0.2) is 0 Å². The number of halogens is 5. The molecule has 0 spiro atoms. The van der Waals surface area contributed by atoms with Crippen LogP contribution in [0, 0.1) is 0 Å². The van der Waals surface area contributed by atoms with Gasteiger partial charge < -0.3 is 20.8 Å². The number of alkyl halides is 3. The molecule has 0 aliphatic heterocycles. The minimum absolute atomic E-state index is 0.0250. The highest BCUT2D eigenvalue weighted by Crippen LogP contribution is 2.29. The van der Waals surface area contributed by atoms with Gasteiger partial charge in [-0.05, 0) is 71.8 Å². The summed E-state index contributed by atoms with van der Waals surface area (Å²) >= 11 is 11.9. The number of carboxylic acids is 2. The number of carboxylic acid groups (broad SMARTS) is 2. The number of carbonyl (C=O) groups excluding carboxylic acids is 2. The summed E-state index contributed by atoms with van der Waals surface area (Å²) in [5.41, 5.74) is 2.23. The number of aryl methyl sites for hydroxylation is 1. The highest BCUT2D eigenvalue weighted by molar-refractivity contribution is 6.31. The Morgan fingerprint density at radius 2 is 1.22 bits per heavy atom. The summed E-state index contributed by atoms with van der Waals surface area (Å²) in [7, 11) is 0. The molecule has 8 nitrogen and oxygen atoms in total. The van der Waals surface area contributed by atoms with Crippen LogP contribution in [0.4, 0.5) is 13.2 Å². The van der Waals surface area contributed by atoms with Gasteiger partial charge in [0, 0.05) is 22.1 Å². The molecule has 0 aromatic heterocycles. The number of hydrogen-bond acceptors (Lipinski definition) is 4. The maximum absolute atomic E-state index is 12.6. The van der Waals surface area contributed by atoms with Crippen molar-refractivity contribution in [2.75, 3.05) is 0 Å². The van der Waals surface area contributed by atoms with E-state index in [1.807, 2.05) is 36.4 Å². The third-order valence-corrected chi connectivity index (χ3v) is 8.13. The van der Waals surface area contributed by atoms with Crippen molar-refractivity contribution in [1.82, 2.24) is 10.6 Å². The van der Waals surface area contributed by atoms with E-state index in [9.17, 15) is 32.3 Å². The van der Waals surface area contributed by atoms with Crippen molar-refractivity contribution in [2.24, 2.45) is 0 Å². The SMILES string of the molecule is O=C(O)C[C@@H](CCc1ccccc1)NC(=O)Cc1cccc(Cl)c1.O=C(O)C[C@H](Cc1ccc(C(F)(F)F)cc1)NC(=O)Cc1ccccc1Cl. The molecule has 270 valence electrons. The van der Waals surface area contributed by atoms with Crippen LogP contribution in [0.5, 0.6) is 0 Å². The number of nitrogens with one attached hydrogen (secondary N) is 2. The van der Waals surface area contributed by atoms with E-state index in [-0.39, 0.29) is 38.0 Å². The molecule has 0 heterocycles. The average Bonchev–Trinajstić information content (AvgIpc) is 3.05. The number of benzene rings is 4. The zero-order valence-corrected chi connectivity index (χ0v) is 28.8. The lowest BCUT2D eigenvalue weighted by atomic mass is 10.0. The van der Waals surface area contributed by atoms with Gasteiger partial charge in [-0.3, -0.25) is 19.2 Å². The van der Waals surface area contributed by atoms with E-state index < -0.39 is 41.7 Å². The Hall–Kier alpha value is -4.87. The van der Waals surface area contributed by atoms with Gasteiger partial charge in [-0.2, -0.15) is 13.2 Å². The van der Waals surface area contributed by atoms with Gasteiger partial charge in [0.15, 0.2) is 0 Å². The maximum atomic E-state index is 12.6. The molecule has 4 N–H and O–H groups in total. The lowest BCUT2D eigenvalue weighted by molar-refractivity contribution is -0.139. The first-order valence-electron chi connectivity index (χ1n) is 15.9. The monoisotopic (exact) mass is 744 g/mol. The quantitative estimate of drug-likeness (QED) is 0.0993. The van der Waals surface area contributed by atoms with Gasteiger partial charge in [0.05, 0.1) is 31.2 Å². The first-order valence-corrected chi connectivity index (χ1v) is 16.6. The van der Waals surface area contributed by atoms with Gasteiger partial charge in [-0.15, -0.1) is 0 Å². The van der Waals surface area contributed by atoms with Crippen LogP contribution in [0.25, 0.3) is 0 Å². The van der Waals surface area contributed by atoms with Gasteiger partial charge >= 0.3 is 18.1 Å². The van der Waals surface area contributed by atoms with Gasteiger partial charge in [0.1, 0.15) is 0 Å². The van der Waals surface area contributed by atoms with Crippen molar-refractivity contribution in [3.63, 3.8) is 0 Å². The van der Waals surface area contributed by atoms with Gasteiger partial charge in [0.2, 0.25) is 11.8 Å². The Bertz CT molecular complexity index is 1750. The standard InChI is InChI=1S/C19H17ClF3NO3.C19H20ClNO3/c20-16-4-2-1-3-13(16)10-17(25)24-15(11-18(26)27)9-12-5-7-14(8-6-12)19(21,22)23;20-16-8-4-7-15(11-16)12-18(22)21-17(13-19(23)24)10-9-14-5-2-1-3-6-14/h1-8,15H,9-11H2,(H,24,25)(H,26,27);1-8,11,17H,9-10,12-13H2,(H,21,22)(H,23,24)/t15-;17-/m01/s1. The Morgan fingerprint density at radius 3 is 1.82 bits per heavy atom. The van der Waals surface area contributed by atoms with E-state index >= 15 is 0 Å². The van der Waals surface area contributed by atoms with Crippen LogP contribution < -0.4 is 10.6 Å². The van der Waals surface area contributed by atoms with E-state index in [0.29, 0.717) is 27.6 Å². The van der Waals surface area contributed by atoms with Crippen LogP contribution in [-0.4, -0.2) is 46.0 Å². The largest absolute Gasteiger partial charge is 0.481 e. The molecule has 2 amide bonds. The molecular weight excluding hydrogens is 708 g/mol. The molecule has 51 heavy (non-hydrogen) atoms. The Labute approximate surface area is 303 Å². The highest BCUT2D eigenvalue weighted by Gasteiger charge is 2.30. The molecule has 2 atom stereocenters. The van der Waals surface area contributed by atoms with Crippen molar-refractivity contribution >= 4 is 47.0 Å². The molecule has 0 saturated carbocycles. The fraction of sp³-hybridized carbons (Fsp3) is 0.263. The van der Waals surface area contributed by atoms with Crippen molar-refractivity contribution < 1.29 is 42.6 Å². The molecular formula is C38H37Cl2F3N2O6. The molecule has 0 aliphatic rings. The first kappa shape index (κ1) is 40.6. The summed E-state index contributed by atoms with van der Waals surface area (Å²) in [6, 6.07) is 26.9. The molecule has 0 saturated heterocycles. The Morgan fingerprint density at radius 1 is 0.647 bits per heavy atom. The highest BCUT2D eigenvalue weighted by atomic mass is 35.5. The number of hydrogen-bond donors (Lipinski definition) is 4. The molecule has 0 unspecified atom stereocenters. The normalized spacial score (nSPS) is 12.1. The molecule has 4 rings (SSSR count). The topological polar surface area (TPSA) is 133 Å². The van der Waals surface area contributed by atoms with Crippen molar-refractivity contribution in [3.05, 3.63) is 141 Å². The van der Waals surface area contributed by atoms with E-state index in [4.69, 9.17) is 33.4 Å². The molecule has 0 aliphatic carbocycles. The molecule has 4 aromatic rings. The second-order valence-electron chi connectivity index (χ2n) is 11.7. The number of rotatable bonds is 15. The number of amides is 2. The summed E-state index contributed by atoms with van der Waals surface area (Å²) < 4.78 is 37.9. The van der Waals surface area contributed by atoms with Crippen LogP contribution in [0.1, 0.15) is 47.1 Å². The molecule has 0 fully saturated rings. The number of aliphatic carboxylic acids is 2. The summed E-state index contributed by atoms with van der Waals surface area (Å²) in [5.74, 6) is -2.65. The molecule has 0 radical (unpaired) electrons. The van der Waals surface area contributed by atoms with E-state index in [0.717, 1.165) is 29.7 Å². The van der Waals surface area contributed by atoms with Crippen LogP contribution in [-0.2, 0) is 51.0 Å². The van der Waals surface area contributed by atoms with E-state index in [1.165, 1.54) is 12.1 Å². The zero-order chi connectivity index (χ0) is 37.4. The predicted octanol–water partition coefficient (Wildman–Crippen LogP) is 7.58. The van der Waals surface area contributed by atoms with Crippen LogP contribution in [0.3, 0.4) is 0 Å². The summed E-state index contributed by atoms with van der Waals surface area (Å²) in [6.45, 7) is 0. The fourth-order valence-corrected chi connectivity index (χ4v) is 5.54. The lowest BCUT2D eigenvalue weighted by Gasteiger charge is -2.18. The lowest BCUT2D eigenvalue weighted by Crippen LogP contribution is -2.39. The molecule has 13 heteroatoms. The van der Waals surface area contributed by atoms with Crippen LogP contribution in [0.2, 0.25) is 10.0 Å². The zero-order valence-electron chi connectivity index (χ0n) is 27.3.